The Balaban J connectivity index is 1.58. The minimum Gasteiger partial charge on any atom is -0.378 e. The van der Waals surface area contributed by atoms with E-state index in [1.165, 1.54) is 0 Å². The third-order valence-corrected chi connectivity index (χ3v) is 5.53. The molecular weight excluding hydrogens is 412 g/mol. The number of anilines is 2. The Morgan fingerprint density at radius 3 is 2.55 bits per heavy atom. The van der Waals surface area contributed by atoms with Crippen LogP contribution in [0.25, 0.3) is 16.7 Å². The predicted octanol–water partition coefficient (Wildman–Crippen LogP) is 4.89. The lowest BCUT2D eigenvalue weighted by Gasteiger charge is -2.26. The van der Waals surface area contributed by atoms with Crippen molar-refractivity contribution < 1.29 is 9.53 Å². The van der Waals surface area contributed by atoms with E-state index in [9.17, 15) is 4.79 Å². The van der Waals surface area contributed by atoms with Crippen LogP contribution in [-0.2, 0) is 4.74 Å². The highest BCUT2D eigenvalue weighted by Gasteiger charge is 2.20. The number of imidazole rings is 1. The number of nitrogens with zero attached hydrogens (tertiary/aromatic N) is 3. The Morgan fingerprint density at radius 2 is 1.77 bits per heavy atom. The Kier molecular flexibility index (Phi) is 5.32. The smallest absolute Gasteiger partial charge is 0.254 e. The van der Waals surface area contributed by atoms with Crippen molar-refractivity contribution in [1.82, 2.24) is 14.5 Å². The molecule has 0 unspecified atom stereocenters. The lowest BCUT2D eigenvalue weighted by Crippen LogP contribution is -2.40. The molecule has 1 N–H and O–H groups in total. The first-order valence-corrected chi connectivity index (χ1v) is 10.5. The molecule has 4 aromatic rings. The molecule has 1 aliphatic heterocycles. The highest BCUT2D eigenvalue weighted by Crippen LogP contribution is 2.29. The topological polar surface area (TPSA) is 59.4 Å². The van der Waals surface area contributed by atoms with Crippen LogP contribution in [0, 0.1) is 0 Å². The molecule has 156 valence electrons. The number of ether oxygens (including phenoxy) is 1. The first-order chi connectivity index (χ1) is 15.2. The maximum atomic E-state index is 12.9. The van der Waals surface area contributed by atoms with Gasteiger partial charge in [0.1, 0.15) is 0 Å². The Bertz CT molecular complexity index is 1230. The van der Waals surface area contributed by atoms with Crippen LogP contribution in [-0.4, -0.2) is 46.7 Å². The highest BCUT2D eigenvalue weighted by molar-refractivity contribution is 6.30. The summed E-state index contributed by atoms with van der Waals surface area (Å²) in [5, 5.41) is 4.01. The molecule has 6 nitrogen and oxygen atoms in total. The predicted molar refractivity (Wildman–Crippen MR) is 123 cm³/mol. The minimum absolute atomic E-state index is 0.00353. The first kappa shape index (κ1) is 19.6. The van der Waals surface area contributed by atoms with Crippen LogP contribution in [0.1, 0.15) is 10.4 Å². The number of aromatic nitrogens is 2. The molecule has 31 heavy (non-hydrogen) atoms. The number of hydrogen-bond acceptors (Lipinski definition) is 4. The average molecular weight is 433 g/mol. The molecular formula is C24H21ClN4O2. The zero-order valence-electron chi connectivity index (χ0n) is 16.8. The van der Waals surface area contributed by atoms with E-state index in [2.05, 4.69) is 5.32 Å². The summed E-state index contributed by atoms with van der Waals surface area (Å²) in [7, 11) is 0. The average Bonchev–Trinajstić information content (AvgIpc) is 3.16. The molecule has 0 spiro atoms. The van der Waals surface area contributed by atoms with Gasteiger partial charge in [0.15, 0.2) is 0 Å². The lowest BCUT2D eigenvalue weighted by molar-refractivity contribution is 0.0303. The van der Waals surface area contributed by atoms with Crippen molar-refractivity contribution in [2.45, 2.75) is 0 Å². The van der Waals surface area contributed by atoms with Gasteiger partial charge in [-0.1, -0.05) is 35.9 Å². The fourth-order valence-corrected chi connectivity index (χ4v) is 3.97. The zero-order chi connectivity index (χ0) is 21.2. The maximum Gasteiger partial charge on any atom is 0.254 e. The highest BCUT2D eigenvalue weighted by atomic mass is 35.5. The van der Waals surface area contributed by atoms with Crippen molar-refractivity contribution >= 4 is 40.2 Å². The van der Waals surface area contributed by atoms with Crippen LogP contribution < -0.4 is 5.32 Å². The number of carbonyl (C=O) groups is 1. The van der Waals surface area contributed by atoms with Gasteiger partial charge in [0.05, 0.1) is 24.2 Å². The van der Waals surface area contributed by atoms with Crippen LogP contribution in [0.5, 0.6) is 0 Å². The van der Waals surface area contributed by atoms with Crippen LogP contribution in [0.2, 0.25) is 5.02 Å². The third kappa shape index (κ3) is 4.00. The van der Waals surface area contributed by atoms with Crippen molar-refractivity contribution in [2.75, 3.05) is 31.6 Å². The van der Waals surface area contributed by atoms with E-state index in [4.69, 9.17) is 21.3 Å². The Morgan fingerprint density at radius 1 is 0.968 bits per heavy atom. The molecule has 7 heteroatoms. The van der Waals surface area contributed by atoms with Gasteiger partial charge in [-0.15, -0.1) is 0 Å². The summed E-state index contributed by atoms with van der Waals surface area (Å²) >= 11 is 6.16. The molecule has 0 radical (unpaired) electrons. The van der Waals surface area contributed by atoms with Gasteiger partial charge in [0, 0.05) is 35.1 Å². The number of para-hydroxylation sites is 1. The van der Waals surface area contributed by atoms with Crippen molar-refractivity contribution in [3.05, 3.63) is 83.4 Å². The molecule has 0 bridgehead atoms. The molecule has 1 fully saturated rings. The molecule has 1 amide bonds. The monoisotopic (exact) mass is 432 g/mol. The van der Waals surface area contributed by atoms with Gasteiger partial charge in [-0.2, -0.15) is 0 Å². The summed E-state index contributed by atoms with van der Waals surface area (Å²) < 4.78 is 7.40. The number of nitrogens with one attached hydrogen (secondary N) is 1. The number of carbonyl (C=O) groups excluding carboxylic acids is 1. The van der Waals surface area contributed by atoms with Crippen LogP contribution in [0.4, 0.5) is 11.6 Å². The van der Waals surface area contributed by atoms with E-state index in [1.807, 2.05) is 82.3 Å². The number of benzene rings is 3. The second kappa shape index (κ2) is 8.41. The number of rotatable bonds is 4. The summed E-state index contributed by atoms with van der Waals surface area (Å²) in [6.07, 6.45) is 0. The number of fused-ring (bicyclic) bond motifs is 1. The van der Waals surface area contributed by atoms with E-state index in [0.717, 1.165) is 22.4 Å². The van der Waals surface area contributed by atoms with Crippen molar-refractivity contribution in [1.29, 1.82) is 0 Å². The molecule has 1 saturated heterocycles. The molecule has 2 heterocycles. The van der Waals surface area contributed by atoms with Gasteiger partial charge < -0.3 is 15.0 Å². The van der Waals surface area contributed by atoms with Crippen molar-refractivity contribution in [3.63, 3.8) is 0 Å². The van der Waals surface area contributed by atoms with E-state index >= 15 is 0 Å². The number of amides is 1. The summed E-state index contributed by atoms with van der Waals surface area (Å²) in [6, 6.07) is 23.2. The molecule has 0 aliphatic carbocycles. The fraction of sp³-hybridized carbons (Fsp3) is 0.167. The first-order valence-electron chi connectivity index (χ1n) is 10.2. The van der Waals surface area contributed by atoms with E-state index in [-0.39, 0.29) is 5.91 Å². The zero-order valence-corrected chi connectivity index (χ0v) is 17.5. The van der Waals surface area contributed by atoms with E-state index in [1.54, 1.807) is 0 Å². The Hall–Kier alpha value is -3.35. The number of halogens is 1. The molecule has 3 aromatic carbocycles. The quantitative estimate of drug-likeness (QED) is 0.498. The summed E-state index contributed by atoms with van der Waals surface area (Å²) in [4.78, 5) is 19.6. The molecule has 0 atom stereocenters. The molecule has 0 saturated carbocycles. The lowest BCUT2D eigenvalue weighted by atomic mass is 10.1. The van der Waals surface area contributed by atoms with Gasteiger partial charge in [-0.05, 0) is 48.5 Å². The van der Waals surface area contributed by atoms with E-state index in [0.29, 0.717) is 42.8 Å². The molecule has 5 rings (SSSR count). The maximum absolute atomic E-state index is 12.9. The van der Waals surface area contributed by atoms with E-state index < -0.39 is 0 Å². The fourth-order valence-electron chi connectivity index (χ4n) is 3.78. The molecule has 1 aromatic heterocycles. The van der Waals surface area contributed by atoms with Crippen molar-refractivity contribution in [3.8, 4) is 5.69 Å². The second-order valence-corrected chi connectivity index (χ2v) is 7.79. The standard InChI is InChI=1S/C24H21ClN4O2/c25-18-5-4-6-19(16-18)26-24-27-21-15-17(23(30)28-11-13-31-14-12-28)9-10-22(21)29(24)20-7-2-1-3-8-20/h1-10,15-16H,11-14H2,(H,26,27). The van der Waals surface area contributed by atoms with Crippen LogP contribution in [0.3, 0.4) is 0 Å². The van der Waals surface area contributed by atoms with Crippen LogP contribution >= 0.6 is 11.6 Å². The van der Waals surface area contributed by atoms with Crippen LogP contribution in [0.15, 0.2) is 72.8 Å². The van der Waals surface area contributed by atoms with Gasteiger partial charge in [0.25, 0.3) is 5.91 Å². The largest absolute Gasteiger partial charge is 0.378 e. The van der Waals surface area contributed by atoms with Gasteiger partial charge in [-0.25, -0.2) is 4.98 Å². The van der Waals surface area contributed by atoms with Crippen molar-refractivity contribution in [2.24, 2.45) is 0 Å². The number of hydrogen-bond donors (Lipinski definition) is 1. The molecule has 1 aliphatic rings. The third-order valence-electron chi connectivity index (χ3n) is 5.29. The SMILES string of the molecule is O=C(c1ccc2c(c1)nc(Nc1cccc(Cl)c1)n2-c1ccccc1)N1CCOCC1. The summed E-state index contributed by atoms with van der Waals surface area (Å²) in [5.41, 5.74) is 4.09. The summed E-state index contributed by atoms with van der Waals surface area (Å²) in [6.45, 7) is 2.36. The van der Waals surface area contributed by atoms with Gasteiger partial charge in [0.2, 0.25) is 5.95 Å². The van der Waals surface area contributed by atoms with Gasteiger partial charge in [-0.3, -0.25) is 9.36 Å². The minimum atomic E-state index is 0.00353. The number of morpholine rings is 1. The normalized spacial score (nSPS) is 14.0. The Labute approximate surface area is 185 Å². The van der Waals surface area contributed by atoms with Gasteiger partial charge >= 0.3 is 0 Å². The summed E-state index contributed by atoms with van der Waals surface area (Å²) in [5.74, 6) is 0.656. The second-order valence-electron chi connectivity index (χ2n) is 7.35.